The molecule has 0 radical (unpaired) electrons. The zero-order valence-electron chi connectivity index (χ0n) is 25.7. The van der Waals surface area contributed by atoms with E-state index in [1.807, 2.05) is 0 Å². The minimum atomic E-state index is -4.61. The Morgan fingerprint density at radius 1 is 0.111 bits per heavy atom. The molecule has 0 fully saturated rings. The standard InChI is InChI=1S/H4O4Si.37H2O.12W/c1-5(2,3)4;;;;;;;;;;;;;;;;;;;;;;;;;;;;;;;;;;;;;;;;;;;;;;;;;/h1-4H;37*1H2;;;;;;;;;;;;. The van der Waals surface area contributed by atoms with Crippen LogP contribution in [0.1, 0.15) is 0 Å². The summed E-state index contributed by atoms with van der Waals surface area (Å²) in [6.45, 7) is 0. The zero-order valence-corrected chi connectivity index (χ0v) is 61.9. The van der Waals surface area contributed by atoms with Crippen molar-refractivity contribution < 1.29 is 475 Å². The monoisotopic (exact) mass is 2970 g/mol. The molecule has 0 amide bonds. The van der Waals surface area contributed by atoms with Crippen molar-refractivity contribution in [3.05, 3.63) is 0 Å². The molecular formula is H78O41SiW12. The number of hydrogen-bond donors (Lipinski definition) is 4. The largest absolute Gasteiger partial charge is 0.668 e. The SMILES string of the molecule is O.O.O.O.O.O.O.O.O.O.O.O.O.O.O.O.O.O.O.O.O.O.O.O.O.O.O.O.O.O.O.O.O.O.O.O.O.O[Si](O)(O)O.[W].[W].[W].[W].[W].[W].[W].[W].[W].[W].[W].[W]. The Hall–Kier alpha value is 6.84. The molecule has 0 spiro atoms. The average molecular weight is 2970 g/mol. The van der Waals surface area contributed by atoms with Gasteiger partial charge < -0.3 is 222 Å². The summed E-state index contributed by atoms with van der Waals surface area (Å²) in [7, 11) is -4.61. The van der Waals surface area contributed by atoms with E-state index in [-0.39, 0.29) is 455 Å². The third-order valence-electron chi connectivity index (χ3n) is 0. The van der Waals surface area contributed by atoms with Crippen LogP contribution in [0.15, 0.2) is 0 Å². The Bertz CT molecular complexity index is 63.6. The first-order valence-electron chi connectivity index (χ1n) is 0.894. The summed E-state index contributed by atoms with van der Waals surface area (Å²) < 4.78 is 0. The van der Waals surface area contributed by atoms with Gasteiger partial charge in [-0.25, -0.2) is 0 Å². The Labute approximate surface area is 477 Å². The molecule has 0 aromatic heterocycles. The van der Waals surface area contributed by atoms with Gasteiger partial charge in [0, 0.05) is 253 Å². The molecule has 0 unspecified atom stereocenters. The molecule has 0 bridgehead atoms. The van der Waals surface area contributed by atoms with E-state index in [1.54, 1.807) is 0 Å². The van der Waals surface area contributed by atoms with Gasteiger partial charge in [-0.15, -0.1) is 0 Å². The van der Waals surface area contributed by atoms with Gasteiger partial charge in [0.15, 0.2) is 0 Å². The topological polar surface area (TPSA) is 1250 Å². The van der Waals surface area contributed by atoms with Gasteiger partial charge in [0.1, 0.15) is 0 Å². The minimum Gasteiger partial charge on any atom is -0.412 e. The van der Waals surface area contributed by atoms with E-state index < -0.39 is 9.05 Å². The molecule has 54 heteroatoms. The second kappa shape index (κ2) is 1260. The Morgan fingerprint density at radius 3 is 0.111 bits per heavy atom. The smallest absolute Gasteiger partial charge is 0.412 e. The summed E-state index contributed by atoms with van der Waals surface area (Å²) >= 11 is 0. The van der Waals surface area contributed by atoms with Gasteiger partial charge in [0.05, 0.1) is 0 Å². The van der Waals surface area contributed by atoms with E-state index in [1.165, 1.54) is 0 Å². The van der Waals surface area contributed by atoms with Crippen LogP contribution in [0.5, 0.6) is 0 Å². The van der Waals surface area contributed by atoms with Gasteiger partial charge in [0.25, 0.3) is 0 Å². The predicted octanol–water partition coefficient (Wildman–Crippen LogP) is -33.2. The van der Waals surface area contributed by atoms with Crippen molar-refractivity contribution in [3.63, 3.8) is 0 Å². The van der Waals surface area contributed by atoms with Gasteiger partial charge in [0.2, 0.25) is 0 Å². The summed E-state index contributed by atoms with van der Waals surface area (Å²) in [6.07, 6.45) is 0. The molecule has 0 saturated heterocycles. The van der Waals surface area contributed by atoms with E-state index >= 15 is 0 Å². The van der Waals surface area contributed by atoms with Crippen LogP contribution in [0, 0.1) is 0 Å². The number of hydrogen-bond acceptors (Lipinski definition) is 4. The van der Waals surface area contributed by atoms with Crippen LogP contribution in [0.25, 0.3) is 0 Å². The molecule has 400 valence electrons. The molecule has 78 N–H and O–H groups in total. The summed E-state index contributed by atoms with van der Waals surface area (Å²) in [5, 5.41) is 0. The van der Waals surface area contributed by atoms with Crippen molar-refractivity contribution in [3.8, 4) is 0 Å². The third-order valence-corrected chi connectivity index (χ3v) is 0. The van der Waals surface area contributed by atoms with Crippen LogP contribution < -0.4 is 0 Å². The molecule has 0 aliphatic carbocycles. The first-order valence-corrected chi connectivity index (χ1v) is 2.68. The van der Waals surface area contributed by atoms with Crippen molar-refractivity contribution in [2.24, 2.45) is 0 Å². The Kier molecular flexibility index (Phi) is 43200. The van der Waals surface area contributed by atoms with E-state index in [0.717, 1.165) is 0 Å². The van der Waals surface area contributed by atoms with Gasteiger partial charge >= 0.3 is 9.05 Å². The molecule has 0 rings (SSSR count). The molecule has 0 saturated carbocycles. The fourth-order valence-corrected chi connectivity index (χ4v) is 0. The molecule has 0 heterocycles. The van der Waals surface area contributed by atoms with Crippen LogP contribution in [0.3, 0.4) is 0 Å². The van der Waals surface area contributed by atoms with Crippen molar-refractivity contribution in [1.82, 2.24) is 0 Å². The summed E-state index contributed by atoms with van der Waals surface area (Å²) in [5.41, 5.74) is 0. The Balaban J connectivity index is -0.0000000000680. The van der Waals surface area contributed by atoms with E-state index in [4.69, 9.17) is 19.2 Å². The molecular weight excluding hydrogens is 2890 g/mol. The maximum Gasteiger partial charge on any atom is 0.668 e. The van der Waals surface area contributed by atoms with Crippen molar-refractivity contribution in [2.75, 3.05) is 0 Å². The van der Waals surface area contributed by atoms with E-state index in [0.29, 0.717) is 0 Å². The molecule has 54 heavy (non-hydrogen) atoms. The average Bonchev–Trinajstić information content (AvgIpc) is 0.722. The molecule has 41 nitrogen and oxygen atoms in total. The second-order valence-electron chi connectivity index (χ2n) is 0.600. The second-order valence-corrected chi connectivity index (χ2v) is 1.80. The van der Waals surface area contributed by atoms with Crippen molar-refractivity contribution >= 4 is 9.05 Å². The Morgan fingerprint density at radius 2 is 0.111 bits per heavy atom. The maximum absolute atomic E-state index is 7.33. The zero-order chi connectivity index (χ0) is 4.50. The molecule has 0 atom stereocenters. The molecule has 0 aromatic rings. The van der Waals surface area contributed by atoms with Crippen molar-refractivity contribution in [2.45, 2.75) is 0 Å². The summed E-state index contributed by atoms with van der Waals surface area (Å²) in [6, 6.07) is 0. The van der Waals surface area contributed by atoms with Gasteiger partial charge in [-0.2, -0.15) is 0 Å². The first kappa shape index (κ1) is 1850. The number of rotatable bonds is 0. The predicted molar refractivity (Wildman–Crippen MR) is 148 cm³/mol. The summed E-state index contributed by atoms with van der Waals surface area (Å²) in [5.74, 6) is 0. The third kappa shape index (κ3) is 4210. The van der Waals surface area contributed by atoms with Crippen LogP contribution in [0.2, 0.25) is 0 Å². The normalized spacial score (nSPS) is 1.11. The molecule has 0 aromatic carbocycles. The van der Waals surface area contributed by atoms with Crippen LogP contribution in [-0.4, -0.2) is 231 Å². The fraction of sp³-hybridized carbons (Fsp3) is 0. The molecule has 0 aliphatic rings. The summed E-state index contributed by atoms with van der Waals surface area (Å²) in [4.78, 5) is 29.3. The van der Waals surface area contributed by atoms with Gasteiger partial charge in [-0.1, -0.05) is 0 Å². The van der Waals surface area contributed by atoms with Crippen molar-refractivity contribution in [1.29, 1.82) is 0 Å². The quantitative estimate of drug-likeness (QED) is 0.172. The van der Waals surface area contributed by atoms with Crippen LogP contribution in [0.4, 0.5) is 0 Å². The van der Waals surface area contributed by atoms with E-state index in [9.17, 15) is 0 Å². The molecule has 0 aliphatic heterocycles. The first-order chi connectivity index (χ1) is 2.00. The van der Waals surface area contributed by atoms with E-state index in [2.05, 4.69) is 0 Å². The van der Waals surface area contributed by atoms with Gasteiger partial charge in [-0.3, -0.25) is 0 Å². The van der Waals surface area contributed by atoms with Crippen LogP contribution in [-0.2, 0) is 253 Å². The minimum absolute atomic E-state index is 0. The van der Waals surface area contributed by atoms with Gasteiger partial charge in [-0.05, 0) is 0 Å². The van der Waals surface area contributed by atoms with Crippen LogP contribution >= 0.6 is 0 Å². The fourth-order valence-electron chi connectivity index (χ4n) is 0. The maximum atomic E-state index is 7.33.